The maximum absolute atomic E-state index is 5.94. The molecule has 0 aliphatic carbocycles. The molecule has 2 aromatic rings. The lowest BCUT2D eigenvalue weighted by Crippen LogP contribution is -2.15. The second-order valence-electron chi connectivity index (χ2n) is 4.20. The molecule has 3 rings (SSSR count). The summed E-state index contributed by atoms with van der Waals surface area (Å²) in [6.45, 7) is 1.50. The highest BCUT2D eigenvalue weighted by Crippen LogP contribution is 2.34. The molecule has 1 unspecified atom stereocenters. The van der Waals surface area contributed by atoms with Crippen molar-refractivity contribution in [3.63, 3.8) is 0 Å². The molecule has 1 atom stereocenters. The molecule has 0 radical (unpaired) electrons. The van der Waals surface area contributed by atoms with Gasteiger partial charge in [-0.3, -0.25) is 0 Å². The van der Waals surface area contributed by atoms with Gasteiger partial charge >= 0.3 is 0 Å². The molecule has 17 heavy (non-hydrogen) atoms. The SMILES string of the molecule is Brc1c(OC2CCOC2)ccc2ccccc12. The van der Waals surface area contributed by atoms with Gasteiger partial charge < -0.3 is 9.47 Å². The molecule has 1 aliphatic rings. The smallest absolute Gasteiger partial charge is 0.134 e. The molecule has 88 valence electrons. The van der Waals surface area contributed by atoms with Gasteiger partial charge in [-0.05, 0) is 32.8 Å². The van der Waals surface area contributed by atoms with E-state index in [1.165, 1.54) is 10.8 Å². The minimum atomic E-state index is 0.187. The predicted octanol–water partition coefficient (Wildman–Crippen LogP) is 3.77. The van der Waals surface area contributed by atoms with Crippen LogP contribution in [0.3, 0.4) is 0 Å². The zero-order chi connectivity index (χ0) is 11.7. The first-order valence-corrected chi connectivity index (χ1v) is 6.55. The Morgan fingerprint density at radius 1 is 1.18 bits per heavy atom. The van der Waals surface area contributed by atoms with Crippen LogP contribution >= 0.6 is 15.9 Å². The highest BCUT2D eigenvalue weighted by molar-refractivity contribution is 9.10. The summed E-state index contributed by atoms with van der Waals surface area (Å²) in [5.74, 6) is 0.902. The summed E-state index contributed by atoms with van der Waals surface area (Å²) in [5.41, 5.74) is 0. The van der Waals surface area contributed by atoms with Gasteiger partial charge in [0.1, 0.15) is 11.9 Å². The van der Waals surface area contributed by atoms with Crippen molar-refractivity contribution in [3.05, 3.63) is 40.9 Å². The second-order valence-corrected chi connectivity index (χ2v) is 5.00. The topological polar surface area (TPSA) is 18.5 Å². The van der Waals surface area contributed by atoms with Crippen molar-refractivity contribution in [1.29, 1.82) is 0 Å². The lowest BCUT2D eigenvalue weighted by Gasteiger charge is -2.14. The summed E-state index contributed by atoms with van der Waals surface area (Å²) < 4.78 is 12.3. The molecule has 0 amide bonds. The highest BCUT2D eigenvalue weighted by atomic mass is 79.9. The molecule has 0 N–H and O–H groups in total. The average Bonchev–Trinajstić information content (AvgIpc) is 2.86. The Labute approximate surface area is 109 Å². The quantitative estimate of drug-likeness (QED) is 0.839. The Balaban J connectivity index is 1.96. The van der Waals surface area contributed by atoms with Crippen LogP contribution in [0.4, 0.5) is 0 Å². The van der Waals surface area contributed by atoms with Crippen molar-refractivity contribution >= 4 is 26.7 Å². The largest absolute Gasteiger partial charge is 0.487 e. The molecule has 1 fully saturated rings. The van der Waals surface area contributed by atoms with Crippen LogP contribution in [0.1, 0.15) is 6.42 Å². The summed E-state index contributed by atoms with van der Waals surface area (Å²) in [4.78, 5) is 0. The van der Waals surface area contributed by atoms with Crippen molar-refractivity contribution in [2.75, 3.05) is 13.2 Å². The van der Waals surface area contributed by atoms with Crippen LogP contribution < -0.4 is 4.74 Å². The number of hydrogen-bond donors (Lipinski definition) is 0. The third-order valence-corrected chi connectivity index (χ3v) is 3.83. The number of halogens is 1. The number of hydrogen-bond acceptors (Lipinski definition) is 2. The van der Waals surface area contributed by atoms with E-state index < -0.39 is 0 Å². The van der Waals surface area contributed by atoms with E-state index in [0.29, 0.717) is 6.61 Å². The molecule has 1 heterocycles. The fourth-order valence-electron chi connectivity index (χ4n) is 2.09. The van der Waals surface area contributed by atoms with Crippen molar-refractivity contribution in [1.82, 2.24) is 0 Å². The van der Waals surface area contributed by atoms with Crippen LogP contribution in [0.15, 0.2) is 40.9 Å². The maximum atomic E-state index is 5.94. The Bertz CT molecular complexity index is 533. The first-order valence-electron chi connectivity index (χ1n) is 5.76. The molecule has 1 aliphatic heterocycles. The van der Waals surface area contributed by atoms with Crippen molar-refractivity contribution in [2.45, 2.75) is 12.5 Å². The average molecular weight is 293 g/mol. The summed E-state index contributed by atoms with van der Waals surface area (Å²) in [6, 6.07) is 12.4. The second kappa shape index (κ2) is 4.67. The van der Waals surface area contributed by atoms with Crippen LogP contribution in [-0.2, 0) is 4.74 Å². The molecule has 0 aromatic heterocycles. The van der Waals surface area contributed by atoms with E-state index >= 15 is 0 Å². The minimum Gasteiger partial charge on any atom is -0.487 e. The van der Waals surface area contributed by atoms with Gasteiger partial charge in [0.2, 0.25) is 0 Å². The molecular weight excluding hydrogens is 280 g/mol. The Kier molecular flexibility index (Phi) is 3.04. The van der Waals surface area contributed by atoms with Crippen LogP contribution in [-0.4, -0.2) is 19.3 Å². The van der Waals surface area contributed by atoms with Gasteiger partial charge in [-0.2, -0.15) is 0 Å². The Morgan fingerprint density at radius 3 is 2.88 bits per heavy atom. The zero-order valence-corrected chi connectivity index (χ0v) is 10.9. The first-order chi connectivity index (χ1) is 8.34. The van der Waals surface area contributed by atoms with E-state index in [-0.39, 0.29) is 6.10 Å². The van der Waals surface area contributed by atoms with Gasteiger partial charge in [0, 0.05) is 6.42 Å². The lowest BCUT2D eigenvalue weighted by molar-refractivity contribution is 0.141. The third kappa shape index (κ3) is 2.17. The van der Waals surface area contributed by atoms with E-state index in [2.05, 4.69) is 34.1 Å². The van der Waals surface area contributed by atoms with Crippen LogP contribution in [0, 0.1) is 0 Å². The fourth-order valence-corrected chi connectivity index (χ4v) is 2.68. The first kappa shape index (κ1) is 11.1. The summed E-state index contributed by atoms with van der Waals surface area (Å²) in [7, 11) is 0. The van der Waals surface area contributed by atoms with Gasteiger partial charge in [0.15, 0.2) is 0 Å². The zero-order valence-electron chi connectivity index (χ0n) is 9.36. The van der Waals surface area contributed by atoms with Gasteiger partial charge in [0.25, 0.3) is 0 Å². The van der Waals surface area contributed by atoms with Crippen LogP contribution in [0.25, 0.3) is 10.8 Å². The number of rotatable bonds is 2. The molecule has 2 aromatic carbocycles. The summed E-state index contributed by atoms with van der Waals surface area (Å²) in [5, 5.41) is 2.40. The van der Waals surface area contributed by atoms with E-state index in [0.717, 1.165) is 23.2 Å². The van der Waals surface area contributed by atoms with Gasteiger partial charge in [0.05, 0.1) is 17.7 Å². The third-order valence-electron chi connectivity index (χ3n) is 3.01. The molecule has 0 spiro atoms. The van der Waals surface area contributed by atoms with Crippen LogP contribution in [0.2, 0.25) is 0 Å². The van der Waals surface area contributed by atoms with E-state index in [1.807, 2.05) is 18.2 Å². The normalized spacial score (nSPS) is 19.7. The molecule has 3 heteroatoms. The van der Waals surface area contributed by atoms with E-state index in [9.17, 15) is 0 Å². The number of fused-ring (bicyclic) bond motifs is 1. The molecule has 1 saturated heterocycles. The number of benzene rings is 2. The lowest BCUT2D eigenvalue weighted by atomic mass is 10.1. The fraction of sp³-hybridized carbons (Fsp3) is 0.286. The van der Waals surface area contributed by atoms with Crippen LogP contribution in [0.5, 0.6) is 5.75 Å². The number of ether oxygens (including phenoxy) is 2. The van der Waals surface area contributed by atoms with Crippen molar-refractivity contribution < 1.29 is 9.47 Å². The Morgan fingerprint density at radius 2 is 2.06 bits per heavy atom. The highest BCUT2D eigenvalue weighted by Gasteiger charge is 2.18. The summed E-state index contributed by atoms with van der Waals surface area (Å²) >= 11 is 3.62. The predicted molar refractivity (Wildman–Crippen MR) is 71.5 cm³/mol. The molecular formula is C14H13BrO2. The molecule has 2 nitrogen and oxygen atoms in total. The maximum Gasteiger partial charge on any atom is 0.134 e. The molecule has 0 bridgehead atoms. The molecule has 0 saturated carbocycles. The Hall–Kier alpha value is -1.06. The van der Waals surface area contributed by atoms with Crippen molar-refractivity contribution in [3.8, 4) is 5.75 Å². The monoisotopic (exact) mass is 292 g/mol. The van der Waals surface area contributed by atoms with Gasteiger partial charge in [-0.25, -0.2) is 0 Å². The minimum absolute atomic E-state index is 0.187. The summed E-state index contributed by atoms with van der Waals surface area (Å²) in [6.07, 6.45) is 1.16. The van der Waals surface area contributed by atoms with Gasteiger partial charge in [-0.15, -0.1) is 0 Å². The standard InChI is InChI=1S/C14H13BrO2/c15-14-12-4-2-1-3-10(12)5-6-13(14)17-11-7-8-16-9-11/h1-6,11H,7-9H2. The van der Waals surface area contributed by atoms with Crippen molar-refractivity contribution in [2.24, 2.45) is 0 Å². The van der Waals surface area contributed by atoms with E-state index in [4.69, 9.17) is 9.47 Å². The van der Waals surface area contributed by atoms with E-state index in [1.54, 1.807) is 0 Å². The van der Waals surface area contributed by atoms with Gasteiger partial charge in [-0.1, -0.05) is 30.3 Å².